The first-order valence-electron chi connectivity index (χ1n) is 8.64. The monoisotopic (exact) mass is 301 g/mol. The Bertz CT molecular complexity index is 252. The van der Waals surface area contributed by atoms with Gasteiger partial charge in [-0.05, 0) is 12.3 Å². The Hall–Kier alpha value is -0.570. The number of rotatable bonds is 13. The maximum absolute atomic E-state index is 11.0. The number of carbonyl (C=O) groups is 1. The summed E-state index contributed by atoms with van der Waals surface area (Å²) in [5.74, 6) is -0.723. The minimum atomic E-state index is -0.919. The summed E-state index contributed by atoms with van der Waals surface area (Å²) in [6.45, 7) is 7.85. The molecule has 0 aliphatic rings. The zero-order valence-electron chi connectivity index (χ0n) is 15.2. The molecule has 3 heteroatoms. The third-order valence-corrected chi connectivity index (χ3v) is 4.75. The number of unbranched alkanes of at least 4 members (excludes halogenated alkanes) is 9. The Morgan fingerprint density at radius 1 is 0.905 bits per heavy atom. The van der Waals surface area contributed by atoms with Crippen LogP contribution in [0.1, 0.15) is 98.3 Å². The fourth-order valence-electron chi connectivity index (χ4n) is 2.50. The first-order chi connectivity index (χ1) is 9.42. The van der Waals surface area contributed by atoms with Crippen molar-refractivity contribution in [3.63, 3.8) is 0 Å². The van der Waals surface area contributed by atoms with Crippen molar-refractivity contribution in [1.82, 2.24) is 6.15 Å². The van der Waals surface area contributed by atoms with E-state index in [4.69, 9.17) is 0 Å². The highest BCUT2D eigenvalue weighted by Crippen LogP contribution is 2.30. The SMILES string of the molecule is CCCCCCCCCCCCC(C)C(C)(C)C(=O)[O-].[NH4+]. The lowest BCUT2D eigenvalue weighted by Crippen LogP contribution is -2.42. The molecule has 1 atom stereocenters. The molecule has 4 N–H and O–H groups in total. The van der Waals surface area contributed by atoms with Gasteiger partial charge in [-0.1, -0.05) is 91.9 Å². The van der Waals surface area contributed by atoms with Gasteiger partial charge in [0.1, 0.15) is 0 Å². The lowest BCUT2D eigenvalue weighted by atomic mass is 9.77. The quantitative estimate of drug-likeness (QED) is 0.481. The average Bonchev–Trinajstić information content (AvgIpc) is 2.40. The molecule has 128 valence electrons. The number of carboxylic acid groups (broad SMARTS) is 1. The molecule has 0 saturated carbocycles. The van der Waals surface area contributed by atoms with Crippen LogP contribution < -0.4 is 11.3 Å². The minimum absolute atomic E-state index is 0. The van der Waals surface area contributed by atoms with Gasteiger partial charge in [-0.15, -0.1) is 0 Å². The van der Waals surface area contributed by atoms with Gasteiger partial charge in [0.2, 0.25) is 0 Å². The Labute approximate surface area is 132 Å². The third kappa shape index (κ3) is 10.8. The van der Waals surface area contributed by atoms with Crippen LogP contribution in [0.5, 0.6) is 0 Å². The minimum Gasteiger partial charge on any atom is -0.550 e. The first-order valence-corrected chi connectivity index (χ1v) is 8.64. The Balaban J connectivity index is 0. The van der Waals surface area contributed by atoms with Crippen molar-refractivity contribution in [3.05, 3.63) is 0 Å². The fourth-order valence-corrected chi connectivity index (χ4v) is 2.50. The van der Waals surface area contributed by atoms with E-state index in [1.54, 1.807) is 13.8 Å². The molecule has 0 aliphatic heterocycles. The van der Waals surface area contributed by atoms with E-state index in [9.17, 15) is 9.90 Å². The van der Waals surface area contributed by atoms with Gasteiger partial charge in [0.05, 0.1) is 0 Å². The van der Waals surface area contributed by atoms with E-state index in [1.165, 1.54) is 57.8 Å². The van der Waals surface area contributed by atoms with Gasteiger partial charge in [0.15, 0.2) is 0 Å². The molecule has 21 heavy (non-hydrogen) atoms. The number of aliphatic carboxylic acids is 1. The van der Waals surface area contributed by atoms with Crippen molar-refractivity contribution in [2.75, 3.05) is 0 Å². The summed E-state index contributed by atoms with van der Waals surface area (Å²) in [5.41, 5.74) is -0.695. The number of hydrogen-bond donors (Lipinski definition) is 1. The topological polar surface area (TPSA) is 76.6 Å². The Morgan fingerprint density at radius 2 is 1.29 bits per heavy atom. The maximum Gasteiger partial charge on any atom is 0.0473 e. The van der Waals surface area contributed by atoms with Gasteiger partial charge < -0.3 is 16.1 Å². The standard InChI is InChI=1S/C18H36O2.H3N/c1-5-6-7-8-9-10-11-12-13-14-15-16(2)18(3,4)17(19)20;/h16H,5-15H2,1-4H3,(H,19,20);1H3. The van der Waals surface area contributed by atoms with Crippen molar-refractivity contribution in [3.8, 4) is 0 Å². The van der Waals surface area contributed by atoms with Crippen LogP contribution in [0, 0.1) is 11.3 Å². The van der Waals surface area contributed by atoms with Crippen LogP contribution in [0.25, 0.3) is 0 Å². The number of hydrogen-bond acceptors (Lipinski definition) is 2. The molecule has 1 unspecified atom stereocenters. The summed E-state index contributed by atoms with van der Waals surface area (Å²) in [4.78, 5) is 11.0. The molecule has 0 aromatic rings. The van der Waals surface area contributed by atoms with Crippen LogP contribution in [-0.4, -0.2) is 5.97 Å². The van der Waals surface area contributed by atoms with Gasteiger partial charge in [-0.25, -0.2) is 0 Å². The van der Waals surface area contributed by atoms with Crippen molar-refractivity contribution < 1.29 is 9.90 Å². The Morgan fingerprint density at radius 3 is 1.67 bits per heavy atom. The molecule has 3 nitrogen and oxygen atoms in total. The molecule has 0 bridgehead atoms. The molecule has 0 heterocycles. The highest BCUT2D eigenvalue weighted by Gasteiger charge is 2.26. The second-order valence-corrected chi connectivity index (χ2v) is 6.88. The van der Waals surface area contributed by atoms with Crippen LogP contribution in [0.4, 0.5) is 0 Å². The number of carbonyl (C=O) groups excluding carboxylic acids is 1. The van der Waals surface area contributed by atoms with Crippen molar-refractivity contribution in [2.24, 2.45) is 11.3 Å². The highest BCUT2D eigenvalue weighted by molar-refractivity contribution is 5.71. The van der Waals surface area contributed by atoms with E-state index in [0.29, 0.717) is 0 Å². The normalized spacial score (nSPS) is 12.8. The van der Waals surface area contributed by atoms with Crippen molar-refractivity contribution in [2.45, 2.75) is 98.3 Å². The largest absolute Gasteiger partial charge is 0.550 e. The van der Waals surface area contributed by atoms with Gasteiger partial charge in [-0.2, -0.15) is 0 Å². The highest BCUT2D eigenvalue weighted by atomic mass is 16.4. The van der Waals surface area contributed by atoms with Crippen LogP contribution in [0.15, 0.2) is 0 Å². The molecular weight excluding hydrogens is 262 g/mol. The van der Waals surface area contributed by atoms with E-state index in [2.05, 4.69) is 6.92 Å². The van der Waals surface area contributed by atoms with Gasteiger partial charge in [-0.3, -0.25) is 0 Å². The van der Waals surface area contributed by atoms with E-state index in [-0.39, 0.29) is 12.1 Å². The van der Waals surface area contributed by atoms with Gasteiger partial charge in [0, 0.05) is 11.4 Å². The van der Waals surface area contributed by atoms with E-state index >= 15 is 0 Å². The summed E-state index contributed by atoms with van der Waals surface area (Å²) >= 11 is 0. The molecule has 0 aromatic carbocycles. The summed E-state index contributed by atoms with van der Waals surface area (Å²) in [6.07, 6.45) is 14.3. The van der Waals surface area contributed by atoms with E-state index in [1.807, 2.05) is 6.92 Å². The zero-order chi connectivity index (χ0) is 15.4. The van der Waals surface area contributed by atoms with Crippen molar-refractivity contribution in [1.29, 1.82) is 0 Å². The molecule has 0 fully saturated rings. The van der Waals surface area contributed by atoms with Crippen LogP contribution >= 0.6 is 0 Å². The predicted octanol–water partition coefficient (Wildman–Crippen LogP) is 5.09. The van der Waals surface area contributed by atoms with Gasteiger partial charge in [0.25, 0.3) is 0 Å². The second kappa shape index (κ2) is 13.1. The second-order valence-electron chi connectivity index (χ2n) is 6.88. The lowest BCUT2D eigenvalue weighted by Gasteiger charge is -2.32. The van der Waals surface area contributed by atoms with Crippen LogP contribution in [0.3, 0.4) is 0 Å². The predicted molar refractivity (Wildman–Crippen MR) is 90.4 cm³/mol. The lowest BCUT2D eigenvalue weighted by molar-refractivity contribution is -0.320. The fraction of sp³-hybridized carbons (Fsp3) is 0.944. The number of quaternary nitrogens is 1. The van der Waals surface area contributed by atoms with E-state index < -0.39 is 11.4 Å². The molecule has 0 aliphatic carbocycles. The molecular formula is C18H39NO2. The van der Waals surface area contributed by atoms with Gasteiger partial charge >= 0.3 is 0 Å². The summed E-state index contributed by atoms with van der Waals surface area (Å²) in [6, 6.07) is 0. The summed E-state index contributed by atoms with van der Waals surface area (Å²) < 4.78 is 0. The van der Waals surface area contributed by atoms with E-state index in [0.717, 1.165) is 12.8 Å². The first kappa shape index (κ1) is 22.7. The molecule has 0 spiro atoms. The summed E-state index contributed by atoms with van der Waals surface area (Å²) in [5, 5.41) is 11.0. The Kier molecular flexibility index (Phi) is 14.2. The zero-order valence-corrected chi connectivity index (χ0v) is 15.2. The average molecular weight is 302 g/mol. The number of carboxylic acids is 1. The maximum atomic E-state index is 11.0. The third-order valence-electron chi connectivity index (χ3n) is 4.75. The molecule has 0 radical (unpaired) electrons. The van der Waals surface area contributed by atoms with Crippen LogP contribution in [0.2, 0.25) is 0 Å². The van der Waals surface area contributed by atoms with Crippen LogP contribution in [-0.2, 0) is 4.79 Å². The molecule has 0 amide bonds. The summed E-state index contributed by atoms with van der Waals surface area (Å²) in [7, 11) is 0. The smallest absolute Gasteiger partial charge is 0.0473 e. The molecule has 0 saturated heterocycles. The molecule has 0 rings (SSSR count). The molecule has 0 aromatic heterocycles. The van der Waals surface area contributed by atoms with Crippen molar-refractivity contribution >= 4 is 5.97 Å².